The SMILES string of the molecule is COc1ccc([C@H]2CC(=O)Oc3cc4c(c(O)c32)C(=O)O[C@@H](C)CCCC(=O)CCCC=C4)cc1O. The van der Waals surface area contributed by atoms with Gasteiger partial charge in [0.1, 0.15) is 22.8 Å². The fourth-order valence-electron chi connectivity index (χ4n) is 4.73. The molecule has 0 bridgehead atoms. The van der Waals surface area contributed by atoms with E-state index in [-0.39, 0.29) is 46.3 Å². The summed E-state index contributed by atoms with van der Waals surface area (Å²) in [7, 11) is 1.43. The molecule has 0 radical (unpaired) electrons. The van der Waals surface area contributed by atoms with E-state index in [9.17, 15) is 24.6 Å². The summed E-state index contributed by atoms with van der Waals surface area (Å²) in [4.78, 5) is 37.8. The lowest BCUT2D eigenvalue weighted by atomic mass is 9.83. The summed E-state index contributed by atoms with van der Waals surface area (Å²) < 4.78 is 16.2. The Morgan fingerprint density at radius 2 is 1.83 bits per heavy atom. The lowest BCUT2D eigenvalue weighted by Gasteiger charge is -2.28. The van der Waals surface area contributed by atoms with E-state index in [1.165, 1.54) is 13.2 Å². The van der Waals surface area contributed by atoms with Crippen LogP contribution in [0.25, 0.3) is 6.08 Å². The first kappa shape index (κ1) is 25.3. The third-order valence-electron chi connectivity index (χ3n) is 6.58. The molecule has 0 fully saturated rings. The summed E-state index contributed by atoms with van der Waals surface area (Å²) in [5, 5.41) is 21.7. The number of esters is 2. The highest BCUT2D eigenvalue weighted by molar-refractivity contribution is 5.98. The van der Waals surface area contributed by atoms with Crippen LogP contribution in [0.5, 0.6) is 23.0 Å². The number of phenolic OH excluding ortho intramolecular Hbond substituents is 2. The van der Waals surface area contributed by atoms with Crippen molar-refractivity contribution in [3.8, 4) is 23.0 Å². The average Bonchev–Trinajstić information content (AvgIpc) is 2.82. The van der Waals surface area contributed by atoms with Crippen molar-refractivity contribution in [2.24, 2.45) is 0 Å². The fraction of sp³-hybridized carbons (Fsp3) is 0.393. The van der Waals surface area contributed by atoms with Gasteiger partial charge in [-0.3, -0.25) is 9.59 Å². The number of aromatic hydroxyl groups is 2. The summed E-state index contributed by atoms with van der Waals surface area (Å²) in [6, 6.07) is 6.29. The molecule has 2 aromatic rings. The quantitative estimate of drug-likeness (QED) is 0.441. The largest absolute Gasteiger partial charge is 0.507 e. The van der Waals surface area contributed by atoms with E-state index in [1.807, 2.05) is 6.08 Å². The zero-order chi connectivity index (χ0) is 25.8. The second-order valence-corrected chi connectivity index (χ2v) is 9.20. The highest BCUT2D eigenvalue weighted by Gasteiger charge is 2.35. The van der Waals surface area contributed by atoms with Gasteiger partial charge in [-0.15, -0.1) is 0 Å². The lowest BCUT2D eigenvalue weighted by molar-refractivity contribution is -0.135. The third kappa shape index (κ3) is 5.37. The predicted molar refractivity (Wildman–Crippen MR) is 131 cm³/mol. The minimum absolute atomic E-state index is 0.00864. The van der Waals surface area contributed by atoms with E-state index >= 15 is 0 Å². The first-order valence-electron chi connectivity index (χ1n) is 12.1. The molecule has 0 unspecified atom stereocenters. The molecule has 0 aliphatic carbocycles. The number of rotatable bonds is 2. The second kappa shape index (κ2) is 10.8. The molecule has 0 spiro atoms. The molecule has 8 nitrogen and oxygen atoms in total. The van der Waals surface area contributed by atoms with Crippen molar-refractivity contribution in [3.63, 3.8) is 0 Å². The number of hydrogen-bond acceptors (Lipinski definition) is 8. The van der Waals surface area contributed by atoms with Crippen LogP contribution in [-0.2, 0) is 14.3 Å². The van der Waals surface area contributed by atoms with Gasteiger partial charge in [0.15, 0.2) is 11.5 Å². The number of carbonyl (C=O) groups excluding carboxylic acids is 3. The van der Waals surface area contributed by atoms with Crippen molar-refractivity contribution >= 4 is 23.8 Å². The molecule has 0 saturated carbocycles. The number of Topliss-reactive ketones (excluding diaryl/α,β-unsaturated/α-hetero) is 1. The van der Waals surface area contributed by atoms with E-state index in [1.54, 1.807) is 31.2 Å². The summed E-state index contributed by atoms with van der Waals surface area (Å²) >= 11 is 0. The van der Waals surface area contributed by atoms with E-state index in [4.69, 9.17) is 14.2 Å². The molecule has 0 aromatic heterocycles. The first-order valence-corrected chi connectivity index (χ1v) is 12.1. The number of hydrogen-bond donors (Lipinski definition) is 2. The molecule has 4 rings (SSSR count). The maximum absolute atomic E-state index is 13.3. The number of phenols is 2. The molecular weight excluding hydrogens is 464 g/mol. The van der Waals surface area contributed by atoms with Gasteiger partial charge in [-0.2, -0.15) is 0 Å². The molecule has 2 aliphatic heterocycles. The average molecular weight is 495 g/mol. The van der Waals surface area contributed by atoms with Gasteiger partial charge in [-0.1, -0.05) is 18.2 Å². The number of allylic oxidation sites excluding steroid dienone is 1. The van der Waals surface area contributed by atoms with E-state index in [2.05, 4.69) is 0 Å². The molecule has 2 N–H and O–H groups in total. The van der Waals surface area contributed by atoms with Crippen LogP contribution in [-0.4, -0.2) is 41.1 Å². The molecule has 0 saturated heterocycles. The topological polar surface area (TPSA) is 119 Å². The Hall–Kier alpha value is -3.81. The zero-order valence-corrected chi connectivity index (χ0v) is 20.4. The van der Waals surface area contributed by atoms with Crippen LogP contribution in [0.2, 0.25) is 0 Å². The van der Waals surface area contributed by atoms with Gasteiger partial charge in [-0.05, 0) is 61.9 Å². The van der Waals surface area contributed by atoms with Crippen LogP contribution in [0.1, 0.15) is 84.8 Å². The van der Waals surface area contributed by atoms with Crippen molar-refractivity contribution in [2.45, 2.75) is 63.9 Å². The monoisotopic (exact) mass is 494 g/mol. The normalized spacial score (nSPS) is 21.0. The van der Waals surface area contributed by atoms with Crippen LogP contribution in [0, 0.1) is 0 Å². The number of fused-ring (bicyclic) bond motifs is 2. The zero-order valence-electron chi connectivity index (χ0n) is 20.4. The van der Waals surface area contributed by atoms with Crippen molar-refractivity contribution in [2.75, 3.05) is 7.11 Å². The van der Waals surface area contributed by atoms with E-state index in [0.29, 0.717) is 49.7 Å². The van der Waals surface area contributed by atoms with Gasteiger partial charge in [0, 0.05) is 24.3 Å². The Labute approximate surface area is 209 Å². The maximum atomic E-state index is 13.3. The Balaban J connectivity index is 1.81. The molecule has 190 valence electrons. The summed E-state index contributed by atoms with van der Waals surface area (Å²) in [6.45, 7) is 1.75. The lowest BCUT2D eigenvalue weighted by Crippen LogP contribution is -2.23. The second-order valence-electron chi connectivity index (χ2n) is 9.20. The number of carbonyl (C=O) groups is 3. The number of ketones is 1. The van der Waals surface area contributed by atoms with Gasteiger partial charge >= 0.3 is 11.9 Å². The Morgan fingerprint density at radius 3 is 2.58 bits per heavy atom. The minimum atomic E-state index is -0.695. The number of benzene rings is 2. The fourth-order valence-corrected chi connectivity index (χ4v) is 4.73. The van der Waals surface area contributed by atoms with Gasteiger partial charge in [0.25, 0.3) is 0 Å². The van der Waals surface area contributed by atoms with Gasteiger partial charge in [0.05, 0.1) is 19.6 Å². The molecule has 36 heavy (non-hydrogen) atoms. The Bertz CT molecular complexity index is 1210. The molecule has 2 aliphatic rings. The highest BCUT2D eigenvalue weighted by Crippen LogP contribution is 2.48. The summed E-state index contributed by atoms with van der Waals surface area (Å²) in [5.41, 5.74) is 1.19. The van der Waals surface area contributed by atoms with Crippen LogP contribution >= 0.6 is 0 Å². The number of methoxy groups -OCH3 is 1. The van der Waals surface area contributed by atoms with Gasteiger partial charge in [0.2, 0.25) is 0 Å². The minimum Gasteiger partial charge on any atom is -0.507 e. The predicted octanol–water partition coefficient (Wildman–Crippen LogP) is 5.03. The van der Waals surface area contributed by atoms with Gasteiger partial charge < -0.3 is 24.4 Å². The standard InChI is InChI=1S/C28H30O8/c1-16-7-6-10-19(29)9-5-3-4-8-18-14-23-26(27(32)25(18)28(33)35-16)20(15-24(31)36-23)17-11-12-22(34-2)21(30)13-17/h4,8,11-14,16,20,30,32H,3,5-7,9-10,15H2,1-2H3/t16-,20+/m0/s1. The van der Waals surface area contributed by atoms with Crippen LogP contribution in [0.4, 0.5) is 0 Å². The molecule has 2 heterocycles. The van der Waals surface area contributed by atoms with Crippen molar-refractivity contribution in [1.82, 2.24) is 0 Å². The third-order valence-corrected chi connectivity index (χ3v) is 6.58. The van der Waals surface area contributed by atoms with Crippen molar-refractivity contribution < 1.29 is 38.8 Å². The number of cyclic esters (lactones) is 1. The van der Waals surface area contributed by atoms with E-state index in [0.717, 1.165) is 0 Å². The molecule has 0 amide bonds. The van der Waals surface area contributed by atoms with Gasteiger partial charge in [-0.25, -0.2) is 4.79 Å². The van der Waals surface area contributed by atoms with Crippen LogP contribution in [0.15, 0.2) is 30.3 Å². The highest BCUT2D eigenvalue weighted by atomic mass is 16.5. The maximum Gasteiger partial charge on any atom is 0.342 e. The summed E-state index contributed by atoms with van der Waals surface area (Å²) in [5.74, 6) is -1.67. The van der Waals surface area contributed by atoms with Crippen LogP contribution in [0.3, 0.4) is 0 Å². The molecule has 2 aromatic carbocycles. The Kier molecular flexibility index (Phi) is 7.62. The van der Waals surface area contributed by atoms with Crippen molar-refractivity contribution in [3.05, 3.63) is 52.6 Å². The summed E-state index contributed by atoms with van der Waals surface area (Å²) in [6.07, 6.45) is 6.33. The smallest absolute Gasteiger partial charge is 0.342 e. The van der Waals surface area contributed by atoms with E-state index < -0.39 is 24.0 Å². The molecule has 2 atom stereocenters. The number of ether oxygens (including phenoxy) is 3. The molecular formula is C28H30O8. The van der Waals surface area contributed by atoms with Crippen LogP contribution < -0.4 is 9.47 Å². The Morgan fingerprint density at radius 1 is 1.06 bits per heavy atom. The first-order chi connectivity index (χ1) is 17.3. The van der Waals surface area contributed by atoms with Crippen molar-refractivity contribution in [1.29, 1.82) is 0 Å². The molecule has 8 heteroatoms.